The average Bonchev–Trinajstić information content (AvgIpc) is 2.92. The number of hydrogen-bond acceptors (Lipinski definition) is 6. The third-order valence-electron chi connectivity index (χ3n) is 8.78. The van der Waals surface area contributed by atoms with E-state index in [2.05, 4.69) is 21.9 Å². The molecule has 0 amide bonds. The van der Waals surface area contributed by atoms with Crippen LogP contribution in [0, 0.1) is 13.8 Å². The molecule has 0 N–H and O–H groups in total. The van der Waals surface area contributed by atoms with Crippen LogP contribution in [0.15, 0.2) is 42.7 Å². The maximum atomic E-state index is 11.8. The van der Waals surface area contributed by atoms with Gasteiger partial charge in [0.15, 0.2) is 0 Å². The Bertz CT molecular complexity index is 1580. The van der Waals surface area contributed by atoms with E-state index in [1.807, 2.05) is 26.0 Å². The van der Waals surface area contributed by atoms with Crippen molar-refractivity contribution in [3.05, 3.63) is 78.5 Å². The average molecular weight is 511 g/mol. The molecule has 2 aromatic heterocycles. The first kappa shape index (κ1) is 23.6. The van der Waals surface area contributed by atoms with E-state index in [4.69, 9.17) is 8.83 Å². The zero-order valence-corrected chi connectivity index (χ0v) is 22.3. The molecule has 6 nitrogen and oxygen atoms in total. The quantitative estimate of drug-likeness (QED) is 0.287. The fourth-order valence-corrected chi connectivity index (χ4v) is 7.10. The SMILES string of the molecule is Cc1cc2cc3c4c(c2oc1=O)CCCN4CCC3.Cc1cc2cc3c4c(c2oc1=O)CCCN4CCC3. The highest BCUT2D eigenvalue weighted by Gasteiger charge is 2.28. The Kier molecular flexibility index (Phi) is 5.60. The molecule has 0 atom stereocenters. The Morgan fingerprint density at radius 2 is 0.974 bits per heavy atom. The second kappa shape index (κ2) is 9.04. The molecule has 8 rings (SSSR count). The van der Waals surface area contributed by atoms with Gasteiger partial charge < -0.3 is 18.6 Å². The molecule has 4 aliphatic rings. The largest absolute Gasteiger partial charge is 0.422 e. The summed E-state index contributed by atoms with van der Waals surface area (Å²) < 4.78 is 11.2. The summed E-state index contributed by atoms with van der Waals surface area (Å²) in [7, 11) is 0. The molecule has 0 bridgehead atoms. The first-order chi connectivity index (χ1) is 18.5. The van der Waals surface area contributed by atoms with Crippen molar-refractivity contribution in [2.75, 3.05) is 36.0 Å². The van der Waals surface area contributed by atoms with Gasteiger partial charge in [0.1, 0.15) is 11.2 Å². The molecular weight excluding hydrogens is 476 g/mol. The summed E-state index contributed by atoms with van der Waals surface area (Å²) in [5.41, 5.74) is 10.7. The van der Waals surface area contributed by atoms with Gasteiger partial charge in [0.2, 0.25) is 0 Å². The van der Waals surface area contributed by atoms with E-state index in [9.17, 15) is 9.59 Å². The monoisotopic (exact) mass is 510 g/mol. The summed E-state index contributed by atoms with van der Waals surface area (Å²) in [6, 6.07) is 8.40. The van der Waals surface area contributed by atoms with Gasteiger partial charge >= 0.3 is 11.3 Å². The number of nitrogens with zero attached hydrogens (tertiary/aromatic N) is 2. The first-order valence-electron chi connectivity index (χ1n) is 14.2. The van der Waals surface area contributed by atoms with Crippen LogP contribution in [0.25, 0.3) is 21.9 Å². The maximum Gasteiger partial charge on any atom is 0.339 e. The van der Waals surface area contributed by atoms with Crippen molar-refractivity contribution < 1.29 is 8.83 Å². The van der Waals surface area contributed by atoms with E-state index >= 15 is 0 Å². The summed E-state index contributed by atoms with van der Waals surface area (Å²) in [5.74, 6) is 0. The number of rotatable bonds is 0. The van der Waals surface area contributed by atoms with Crippen LogP contribution >= 0.6 is 0 Å². The molecule has 0 spiro atoms. The van der Waals surface area contributed by atoms with Crippen molar-refractivity contribution in [2.45, 2.75) is 65.2 Å². The molecule has 0 unspecified atom stereocenters. The molecule has 2 aromatic carbocycles. The molecule has 38 heavy (non-hydrogen) atoms. The number of fused-ring (bicyclic) bond motifs is 4. The van der Waals surface area contributed by atoms with Gasteiger partial charge in [-0.15, -0.1) is 0 Å². The van der Waals surface area contributed by atoms with Crippen molar-refractivity contribution in [1.29, 1.82) is 0 Å². The summed E-state index contributed by atoms with van der Waals surface area (Å²) >= 11 is 0. The van der Waals surface area contributed by atoms with Gasteiger partial charge in [0.05, 0.1) is 0 Å². The summed E-state index contributed by atoms with van der Waals surface area (Å²) in [6.07, 6.45) is 9.12. The topological polar surface area (TPSA) is 66.9 Å². The van der Waals surface area contributed by atoms with Gasteiger partial charge in [-0.25, -0.2) is 9.59 Å². The molecule has 4 aromatic rings. The highest BCUT2D eigenvalue weighted by atomic mass is 16.4. The highest BCUT2D eigenvalue weighted by molar-refractivity contribution is 5.89. The van der Waals surface area contributed by atoms with E-state index < -0.39 is 0 Å². The van der Waals surface area contributed by atoms with Crippen molar-refractivity contribution in [2.24, 2.45) is 0 Å². The fourth-order valence-electron chi connectivity index (χ4n) is 7.10. The molecule has 196 valence electrons. The minimum Gasteiger partial charge on any atom is -0.422 e. The third-order valence-corrected chi connectivity index (χ3v) is 8.78. The molecule has 0 aliphatic carbocycles. The molecule has 0 saturated carbocycles. The summed E-state index contributed by atoms with van der Waals surface area (Å²) in [4.78, 5) is 28.5. The van der Waals surface area contributed by atoms with E-state index in [-0.39, 0.29) is 11.3 Å². The van der Waals surface area contributed by atoms with E-state index in [0.717, 1.165) is 86.6 Å². The van der Waals surface area contributed by atoms with E-state index in [0.29, 0.717) is 11.1 Å². The Labute approximate surface area is 221 Å². The van der Waals surface area contributed by atoms with Gasteiger partial charge in [-0.1, -0.05) is 0 Å². The Balaban J connectivity index is 0.000000127. The molecule has 0 saturated heterocycles. The van der Waals surface area contributed by atoms with Crippen molar-refractivity contribution in [3.8, 4) is 0 Å². The number of benzene rings is 2. The lowest BCUT2D eigenvalue weighted by molar-refractivity contribution is 0.544. The zero-order chi connectivity index (χ0) is 26.0. The molecule has 6 heterocycles. The van der Waals surface area contributed by atoms with Gasteiger partial charge in [-0.3, -0.25) is 0 Å². The maximum absolute atomic E-state index is 11.8. The Morgan fingerprint density at radius 3 is 1.39 bits per heavy atom. The van der Waals surface area contributed by atoms with Gasteiger partial charge in [0.25, 0.3) is 0 Å². The Morgan fingerprint density at radius 1 is 0.579 bits per heavy atom. The van der Waals surface area contributed by atoms with Crippen LogP contribution in [0.2, 0.25) is 0 Å². The second-order valence-electron chi connectivity index (χ2n) is 11.4. The smallest absolute Gasteiger partial charge is 0.339 e. The van der Waals surface area contributed by atoms with Crippen LogP contribution in [0.1, 0.15) is 59.1 Å². The second-order valence-corrected chi connectivity index (χ2v) is 11.4. The number of aryl methyl sites for hydroxylation is 6. The van der Waals surface area contributed by atoms with Crippen molar-refractivity contribution in [1.82, 2.24) is 0 Å². The third kappa shape index (κ3) is 3.76. The van der Waals surface area contributed by atoms with E-state index in [1.54, 1.807) is 0 Å². The predicted molar refractivity (Wildman–Crippen MR) is 152 cm³/mol. The van der Waals surface area contributed by atoms with Crippen LogP contribution in [0.3, 0.4) is 0 Å². The number of anilines is 2. The standard InChI is InChI=1S/2C16H17NO2/c2*1-10-8-12-9-11-4-2-6-17-7-3-5-13(14(11)17)15(12)19-16(10)18/h2*8-9H,2-7H2,1H3. The van der Waals surface area contributed by atoms with Crippen LogP contribution in [-0.2, 0) is 25.7 Å². The summed E-state index contributed by atoms with van der Waals surface area (Å²) in [5, 5.41) is 2.18. The molecule has 6 heteroatoms. The molecule has 0 fully saturated rings. The van der Waals surface area contributed by atoms with Crippen molar-refractivity contribution in [3.63, 3.8) is 0 Å². The lowest BCUT2D eigenvalue weighted by atomic mass is 9.90. The van der Waals surface area contributed by atoms with Gasteiger partial charge in [0, 0.05) is 70.6 Å². The van der Waals surface area contributed by atoms with Crippen LogP contribution in [0.4, 0.5) is 11.4 Å². The fraction of sp³-hybridized carbons (Fsp3) is 0.438. The molecule has 4 aliphatic heterocycles. The molecule has 0 radical (unpaired) electrons. The first-order valence-corrected chi connectivity index (χ1v) is 14.2. The van der Waals surface area contributed by atoms with E-state index in [1.165, 1.54) is 46.5 Å². The Hall–Kier alpha value is -3.54. The van der Waals surface area contributed by atoms with Gasteiger partial charge in [-0.05, 0) is 101 Å². The minimum atomic E-state index is -0.198. The number of hydrogen-bond donors (Lipinski definition) is 0. The minimum absolute atomic E-state index is 0.198. The highest BCUT2D eigenvalue weighted by Crippen LogP contribution is 2.41. The normalized spacial score (nSPS) is 17.6. The lowest BCUT2D eigenvalue weighted by Crippen LogP contribution is -2.34. The van der Waals surface area contributed by atoms with Crippen LogP contribution < -0.4 is 21.1 Å². The zero-order valence-electron chi connectivity index (χ0n) is 22.3. The predicted octanol–water partition coefficient (Wildman–Crippen LogP) is 5.60. The van der Waals surface area contributed by atoms with Gasteiger partial charge in [-0.2, -0.15) is 0 Å². The van der Waals surface area contributed by atoms with Crippen LogP contribution in [-0.4, -0.2) is 26.2 Å². The lowest BCUT2D eigenvalue weighted by Gasteiger charge is -2.37. The summed E-state index contributed by atoms with van der Waals surface area (Å²) in [6.45, 7) is 8.21. The molecular formula is C32H34N2O4. The van der Waals surface area contributed by atoms with Crippen LogP contribution in [0.5, 0.6) is 0 Å². The van der Waals surface area contributed by atoms with Crippen molar-refractivity contribution >= 4 is 33.3 Å².